The van der Waals surface area contributed by atoms with Gasteiger partial charge in [-0.25, -0.2) is 4.79 Å². The van der Waals surface area contributed by atoms with Crippen molar-refractivity contribution >= 4 is 29.9 Å². The number of ketones is 1. The minimum atomic E-state index is -4.74. The molecule has 3 aromatic carbocycles. The lowest BCUT2D eigenvalue weighted by Crippen LogP contribution is -2.15. The van der Waals surface area contributed by atoms with Crippen LogP contribution in [0.5, 0.6) is 28.7 Å². The molecule has 43 heavy (non-hydrogen) atoms. The highest BCUT2D eigenvalue weighted by Gasteiger charge is 2.32. The molecule has 0 aliphatic rings. The molecule has 0 amide bonds. The quantitative estimate of drug-likeness (QED) is 0.0907. The molecule has 0 radical (unpaired) electrons. The molecular weight excluding hydrogens is 573 g/mol. The van der Waals surface area contributed by atoms with Gasteiger partial charge in [-0.1, -0.05) is 24.3 Å². The molecule has 0 heterocycles. The first-order chi connectivity index (χ1) is 20.3. The minimum absolute atomic E-state index is 0.0518. The van der Waals surface area contributed by atoms with Gasteiger partial charge >= 0.3 is 18.1 Å². The fourth-order valence-electron chi connectivity index (χ4n) is 3.53. The van der Waals surface area contributed by atoms with E-state index < -0.39 is 40.8 Å². The lowest BCUT2D eigenvalue weighted by atomic mass is 10.1. The average molecular weight is 599 g/mol. The Morgan fingerprint density at radius 1 is 0.767 bits per heavy atom. The molecule has 0 bridgehead atoms. The zero-order valence-electron chi connectivity index (χ0n) is 23.0. The normalized spacial score (nSPS) is 11.9. The lowest BCUT2D eigenvalue weighted by molar-refractivity contribution is -0.138. The van der Waals surface area contributed by atoms with Gasteiger partial charge in [0.05, 0.1) is 19.8 Å². The molecule has 0 saturated heterocycles. The minimum Gasteiger partial charge on any atom is -0.508 e. The van der Waals surface area contributed by atoms with Crippen LogP contribution in [0.15, 0.2) is 78.6 Å². The van der Waals surface area contributed by atoms with Crippen molar-refractivity contribution in [3.8, 4) is 28.7 Å². The third-order valence-electron chi connectivity index (χ3n) is 5.55. The number of halogens is 3. The first-order valence-electron chi connectivity index (χ1n) is 12.3. The number of alkyl halides is 3. The van der Waals surface area contributed by atoms with Gasteiger partial charge in [0.15, 0.2) is 28.8 Å². The molecule has 0 spiro atoms. The summed E-state index contributed by atoms with van der Waals surface area (Å²) in [6.07, 6.45) is 1.61. The predicted octanol–water partition coefficient (Wildman–Crippen LogP) is 6.31. The van der Waals surface area contributed by atoms with Gasteiger partial charge in [-0.05, 0) is 65.7 Å². The number of hydrogen-bond donors (Lipinski definition) is 2. The Bertz CT molecular complexity index is 1620. The van der Waals surface area contributed by atoms with E-state index in [1.807, 2.05) is 0 Å². The van der Waals surface area contributed by atoms with Gasteiger partial charge in [0.25, 0.3) is 0 Å². The van der Waals surface area contributed by atoms with E-state index in [-0.39, 0.29) is 28.8 Å². The van der Waals surface area contributed by atoms with Crippen LogP contribution in [-0.4, -0.2) is 42.2 Å². The largest absolute Gasteiger partial charge is 0.508 e. The molecule has 12 heteroatoms. The van der Waals surface area contributed by atoms with Gasteiger partial charge in [0.2, 0.25) is 0 Å². The second-order valence-corrected chi connectivity index (χ2v) is 8.67. The number of benzene rings is 3. The van der Waals surface area contributed by atoms with Crippen molar-refractivity contribution in [3.63, 3.8) is 0 Å². The molecule has 0 unspecified atom stereocenters. The van der Waals surface area contributed by atoms with E-state index in [0.717, 1.165) is 19.1 Å². The molecule has 0 aliphatic carbocycles. The number of carbonyl (C=O) groups is 3. The molecule has 2 N–H and O–H groups in total. The van der Waals surface area contributed by atoms with Crippen molar-refractivity contribution in [3.05, 3.63) is 101 Å². The van der Waals surface area contributed by atoms with Crippen LogP contribution in [0.3, 0.4) is 0 Å². The number of carbonyl (C=O) groups excluding carboxylic acids is 3. The van der Waals surface area contributed by atoms with Crippen molar-refractivity contribution in [1.29, 1.82) is 0 Å². The van der Waals surface area contributed by atoms with Gasteiger partial charge in [-0.15, -0.1) is 0 Å². The summed E-state index contributed by atoms with van der Waals surface area (Å²) in [5.41, 5.74) is -0.499. The van der Waals surface area contributed by atoms with Crippen LogP contribution in [0, 0.1) is 0 Å². The number of ether oxygens (including phenoxy) is 4. The number of methoxy groups -OCH3 is 2. The maximum absolute atomic E-state index is 13.1. The first kappa shape index (κ1) is 32.0. The Hall–Kier alpha value is -5.52. The van der Waals surface area contributed by atoms with Crippen LogP contribution < -0.4 is 18.9 Å². The van der Waals surface area contributed by atoms with Crippen LogP contribution in [-0.2, 0) is 15.8 Å². The number of phenols is 1. The third kappa shape index (κ3) is 8.98. The number of aliphatic hydroxyl groups excluding tert-OH is 1. The zero-order valence-corrected chi connectivity index (χ0v) is 23.0. The van der Waals surface area contributed by atoms with Crippen molar-refractivity contribution in [1.82, 2.24) is 0 Å². The molecule has 224 valence electrons. The summed E-state index contributed by atoms with van der Waals surface area (Å²) in [7, 11) is 2.68. The molecule has 9 nitrogen and oxygen atoms in total. The zero-order chi connectivity index (χ0) is 31.7. The van der Waals surface area contributed by atoms with E-state index in [1.165, 1.54) is 68.9 Å². The van der Waals surface area contributed by atoms with Crippen molar-refractivity contribution < 1.29 is 56.7 Å². The Morgan fingerprint density at radius 2 is 1.40 bits per heavy atom. The highest BCUT2D eigenvalue weighted by atomic mass is 19.4. The van der Waals surface area contributed by atoms with Gasteiger partial charge < -0.3 is 29.2 Å². The monoisotopic (exact) mass is 598 g/mol. The fourth-order valence-corrected chi connectivity index (χ4v) is 3.53. The maximum Gasteiger partial charge on any atom is 0.416 e. The predicted molar refractivity (Wildman–Crippen MR) is 149 cm³/mol. The lowest BCUT2D eigenvalue weighted by Gasteiger charge is -2.14. The Balaban J connectivity index is 1.74. The maximum atomic E-state index is 13.1. The third-order valence-corrected chi connectivity index (χ3v) is 5.55. The van der Waals surface area contributed by atoms with Crippen molar-refractivity contribution in [2.75, 3.05) is 14.2 Å². The summed E-state index contributed by atoms with van der Waals surface area (Å²) < 4.78 is 59.6. The summed E-state index contributed by atoms with van der Waals surface area (Å²) >= 11 is 0. The topological polar surface area (TPSA) is 129 Å². The summed E-state index contributed by atoms with van der Waals surface area (Å²) in [5, 5.41) is 19.8. The van der Waals surface area contributed by atoms with E-state index >= 15 is 0 Å². The smallest absolute Gasteiger partial charge is 0.416 e. The van der Waals surface area contributed by atoms with Crippen LogP contribution >= 0.6 is 0 Å². The van der Waals surface area contributed by atoms with Crippen LogP contribution in [0.1, 0.15) is 34.0 Å². The second kappa shape index (κ2) is 13.9. The van der Waals surface area contributed by atoms with Gasteiger partial charge in [0, 0.05) is 13.0 Å². The standard InChI is InChI=1S/C31H25F3O9/c1-18(35)42-27-16-21(31(32,33)34)8-11-24(27)30(39)43-26-13-7-20(15-29(26)41-3)5-10-23(37)17-22(36)9-4-19-6-12-25(38)28(14-19)40-2/h4-17,37-38H,1-3H3/b9-4+,10-5+,23-17?. The number of rotatable bonds is 10. The van der Waals surface area contributed by atoms with E-state index in [1.54, 1.807) is 6.07 Å². The number of hydrogen-bond acceptors (Lipinski definition) is 9. The summed E-state index contributed by atoms with van der Waals surface area (Å²) in [6, 6.07) is 10.8. The Labute approximate surface area is 243 Å². The summed E-state index contributed by atoms with van der Waals surface area (Å²) in [4.78, 5) is 36.4. The van der Waals surface area contributed by atoms with Crippen LogP contribution in [0.25, 0.3) is 12.2 Å². The Kier molecular flexibility index (Phi) is 10.3. The fraction of sp³-hybridized carbons (Fsp3) is 0.129. The summed E-state index contributed by atoms with van der Waals surface area (Å²) in [6.45, 7) is 0.972. The molecule has 0 saturated carbocycles. The van der Waals surface area contributed by atoms with Crippen LogP contribution in [0.2, 0.25) is 0 Å². The highest BCUT2D eigenvalue weighted by molar-refractivity contribution is 6.02. The van der Waals surface area contributed by atoms with E-state index in [0.29, 0.717) is 23.3 Å². The molecule has 0 aliphatic heterocycles. The molecule has 3 aromatic rings. The number of phenolic OH excluding ortho intramolecular Hbond substituents is 1. The number of aromatic hydroxyl groups is 1. The Morgan fingerprint density at radius 3 is 2.02 bits per heavy atom. The molecule has 3 rings (SSSR count). The van der Waals surface area contributed by atoms with E-state index in [2.05, 4.69) is 0 Å². The molecular formula is C31H25F3O9. The molecule has 0 aromatic heterocycles. The molecule has 0 atom stereocenters. The van der Waals surface area contributed by atoms with E-state index in [9.17, 15) is 37.8 Å². The van der Waals surface area contributed by atoms with Crippen LogP contribution in [0.4, 0.5) is 13.2 Å². The highest BCUT2D eigenvalue weighted by Crippen LogP contribution is 2.35. The van der Waals surface area contributed by atoms with Crippen molar-refractivity contribution in [2.24, 2.45) is 0 Å². The number of esters is 2. The SMILES string of the molecule is COc1cc(/C=C/C(=O)C=C(O)/C=C/c2ccc(OC(=O)c3ccc(C(F)(F)F)cc3OC(C)=O)c(OC)c2)ccc1O. The number of allylic oxidation sites excluding steroid dienone is 3. The number of aliphatic hydroxyl groups is 1. The van der Waals surface area contributed by atoms with E-state index in [4.69, 9.17) is 18.9 Å². The van der Waals surface area contributed by atoms with Crippen molar-refractivity contribution in [2.45, 2.75) is 13.1 Å². The first-order valence-corrected chi connectivity index (χ1v) is 12.3. The summed E-state index contributed by atoms with van der Waals surface area (Å²) in [5.74, 6) is -3.41. The van der Waals surface area contributed by atoms with Gasteiger partial charge in [-0.3, -0.25) is 9.59 Å². The van der Waals surface area contributed by atoms with Gasteiger partial charge in [0.1, 0.15) is 17.1 Å². The second-order valence-electron chi connectivity index (χ2n) is 8.67. The van der Waals surface area contributed by atoms with Gasteiger partial charge in [-0.2, -0.15) is 13.2 Å². The molecule has 0 fully saturated rings. The average Bonchev–Trinajstić information content (AvgIpc) is 2.95.